The number of rotatable bonds is 9. The Morgan fingerprint density at radius 1 is 1.08 bits per heavy atom. The van der Waals surface area contributed by atoms with E-state index in [1.54, 1.807) is 51.0 Å². The van der Waals surface area contributed by atoms with Gasteiger partial charge in [-0.2, -0.15) is 0 Å². The maximum Gasteiger partial charge on any atom is 0.408 e. The molecule has 0 radical (unpaired) electrons. The summed E-state index contributed by atoms with van der Waals surface area (Å²) < 4.78 is 25.2. The highest BCUT2D eigenvalue weighted by molar-refractivity contribution is 5.87. The SMILES string of the molecule is C1CCOCC1.CC.CCOc1cc(=O)c2cccc(OC)c2[nH]1.CC[C@@H]1C[C@]1(NC=O)C(=O)OC.C[C@@H]1CCCN1C(=O)CNC(=O)OC(C)(C)C. The third-order valence-electron chi connectivity index (χ3n) is 8.52. The summed E-state index contributed by atoms with van der Waals surface area (Å²) in [6.07, 6.45) is 7.62. The standard InChI is InChI=1S/C12H22N2O3.C12H13NO3.C8H13NO3.C5H10O.C2H6/c1-9-6-5-7-14(9)10(15)8-13-11(16)17-12(2,3)4;1-3-16-11-7-9(14)8-5-4-6-10(15-2)12(8)13-11;1-3-6-4-8(6,9-5-10)7(11)12-2;1-2-4-6-5-3-1;1-2/h9H,5-8H2,1-4H3,(H,13,16);4-7H,3H2,1-2H3,(H,13,14);5-6H,3-4H2,1-2H3,(H,9,10);1-5H2;1-2H3/t9-;;6-,8-;;/m1.1../s1. The second-order valence-corrected chi connectivity index (χ2v) is 13.5. The number of likely N-dealkylation sites (tertiary alicyclic amines) is 1. The minimum absolute atomic E-state index is 0.0131. The van der Waals surface area contributed by atoms with E-state index >= 15 is 0 Å². The van der Waals surface area contributed by atoms with Gasteiger partial charge in [-0.05, 0) is 91.2 Å². The summed E-state index contributed by atoms with van der Waals surface area (Å²) in [6.45, 7) is 18.6. The van der Waals surface area contributed by atoms with Gasteiger partial charge in [-0.3, -0.25) is 14.4 Å². The lowest BCUT2D eigenvalue weighted by molar-refractivity contribution is -0.145. The zero-order valence-electron chi connectivity index (χ0n) is 33.6. The maximum absolute atomic E-state index is 11.8. The molecule has 3 heterocycles. The number of carbonyl (C=O) groups is 4. The average molecular weight is 749 g/mol. The molecule has 1 aliphatic carbocycles. The van der Waals surface area contributed by atoms with Crippen LogP contribution in [0.1, 0.15) is 100 Å². The Balaban J connectivity index is 0.000000363. The number of carbonyl (C=O) groups excluding carboxylic acids is 4. The molecular weight excluding hydrogens is 684 g/mol. The van der Waals surface area contributed by atoms with Crippen LogP contribution in [0.25, 0.3) is 10.9 Å². The quantitative estimate of drug-likeness (QED) is 0.212. The largest absolute Gasteiger partial charge is 0.495 e. The van der Waals surface area contributed by atoms with Crippen molar-refractivity contribution in [3.63, 3.8) is 0 Å². The summed E-state index contributed by atoms with van der Waals surface area (Å²) in [5.74, 6) is 0.970. The van der Waals surface area contributed by atoms with E-state index in [0.29, 0.717) is 42.0 Å². The number of esters is 1. The summed E-state index contributed by atoms with van der Waals surface area (Å²) in [4.78, 5) is 61.2. The van der Waals surface area contributed by atoms with Gasteiger partial charge in [0.15, 0.2) is 11.3 Å². The highest BCUT2D eigenvalue weighted by Crippen LogP contribution is 2.46. The predicted octanol–water partition coefficient (Wildman–Crippen LogP) is 5.74. The van der Waals surface area contributed by atoms with E-state index < -0.39 is 17.2 Å². The topological polar surface area (TPSA) is 175 Å². The summed E-state index contributed by atoms with van der Waals surface area (Å²) in [5, 5.41) is 5.61. The molecule has 2 saturated heterocycles. The van der Waals surface area contributed by atoms with Gasteiger partial charge in [0.05, 0.1) is 26.3 Å². The number of nitrogens with zero attached hydrogens (tertiary/aromatic N) is 1. The highest BCUT2D eigenvalue weighted by Gasteiger charge is 2.60. The van der Waals surface area contributed by atoms with Crippen molar-refractivity contribution in [1.82, 2.24) is 20.5 Å². The van der Waals surface area contributed by atoms with Crippen molar-refractivity contribution in [3.8, 4) is 11.6 Å². The fraction of sp³-hybridized carbons (Fsp3) is 0.667. The highest BCUT2D eigenvalue weighted by atomic mass is 16.6. The van der Waals surface area contributed by atoms with Gasteiger partial charge >= 0.3 is 12.1 Å². The minimum atomic E-state index is -0.703. The number of ether oxygens (including phenoxy) is 5. The molecule has 53 heavy (non-hydrogen) atoms. The van der Waals surface area contributed by atoms with Gasteiger partial charge in [-0.25, -0.2) is 9.59 Å². The van der Waals surface area contributed by atoms with Crippen molar-refractivity contribution in [2.24, 2.45) is 5.92 Å². The first kappa shape index (κ1) is 46.7. The lowest BCUT2D eigenvalue weighted by atomic mass is 10.2. The number of hydrogen-bond acceptors (Lipinski definition) is 10. The second kappa shape index (κ2) is 24.1. The van der Waals surface area contributed by atoms with Gasteiger partial charge in [0.25, 0.3) is 0 Å². The molecule has 3 atom stereocenters. The van der Waals surface area contributed by atoms with Crippen molar-refractivity contribution in [2.45, 2.75) is 118 Å². The molecule has 1 saturated carbocycles. The van der Waals surface area contributed by atoms with Gasteiger partial charge in [-0.15, -0.1) is 0 Å². The van der Waals surface area contributed by atoms with Crippen LogP contribution in [0.4, 0.5) is 4.79 Å². The van der Waals surface area contributed by atoms with Crippen molar-refractivity contribution in [2.75, 3.05) is 47.1 Å². The van der Waals surface area contributed by atoms with Crippen LogP contribution in [0.2, 0.25) is 0 Å². The van der Waals surface area contributed by atoms with Crippen molar-refractivity contribution >= 4 is 35.3 Å². The first-order valence-electron chi connectivity index (χ1n) is 18.7. The van der Waals surface area contributed by atoms with Crippen LogP contribution in [0, 0.1) is 5.92 Å². The zero-order chi connectivity index (χ0) is 40.0. The average Bonchev–Trinajstić information content (AvgIpc) is 3.71. The molecule has 1 aromatic heterocycles. The number of alkyl carbamates (subject to hydrolysis) is 1. The molecule has 3 fully saturated rings. The van der Waals surface area contributed by atoms with E-state index in [-0.39, 0.29) is 35.8 Å². The number of amides is 3. The third kappa shape index (κ3) is 15.7. The Labute approximate surface area is 315 Å². The molecule has 3 N–H and O–H groups in total. The van der Waals surface area contributed by atoms with E-state index in [0.717, 1.165) is 39.0 Å². The maximum atomic E-state index is 11.8. The minimum Gasteiger partial charge on any atom is -0.495 e. The van der Waals surface area contributed by atoms with E-state index in [9.17, 15) is 24.0 Å². The lowest BCUT2D eigenvalue weighted by Gasteiger charge is -2.23. The molecule has 300 valence electrons. The number of hydrogen-bond donors (Lipinski definition) is 3. The Bertz CT molecular complexity index is 1460. The fourth-order valence-corrected chi connectivity index (χ4v) is 5.77. The molecule has 2 aromatic rings. The lowest BCUT2D eigenvalue weighted by Crippen LogP contribution is -2.43. The van der Waals surface area contributed by atoms with E-state index in [4.69, 9.17) is 18.9 Å². The number of para-hydroxylation sites is 1. The number of fused-ring (bicyclic) bond motifs is 1. The number of benzene rings is 1. The molecule has 0 unspecified atom stereocenters. The third-order valence-corrected chi connectivity index (χ3v) is 8.52. The Hall–Kier alpha value is -4.33. The number of aromatic amines is 1. The smallest absolute Gasteiger partial charge is 0.408 e. The summed E-state index contributed by atoms with van der Waals surface area (Å²) in [7, 11) is 2.90. The monoisotopic (exact) mass is 748 g/mol. The van der Waals surface area contributed by atoms with E-state index in [2.05, 4.69) is 20.4 Å². The molecule has 14 nitrogen and oxygen atoms in total. The molecule has 2 aliphatic heterocycles. The molecule has 0 bridgehead atoms. The van der Waals surface area contributed by atoms with Gasteiger partial charge in [-0.1, -0.05) is 33.3 Å². The molecule has 0 spiro atoms. The molecule has 1 aromatic carbocycles. The number of aromatic nitrogens is 1. The molecule has 5 rings (SSSR count). The van der Waals surface area contributed by atoms with E-state index in [1.165, 1.54) is 32.4 Å². The Kier molecular flexibility index (Phi) is 21.2. The van der Waals surface area contributed by atoms with Crippen molar-refractivity contribution in [1.29, 1.82) is 0 Å². The van der Waals surface area contributed by atoms with Crippen LogP contribution in [0.5, 0.6) is 11.6 Å². The number of pyridine rings is 1. The summed E-state index contributed by atoms with van der Waals surface area (Å²) in [6, 6.07) is 7.07. The fourth-order valence-electron chi connectivity index (χ4n) is 5.77. The van der Waals surface area contributed by atoms with Gasteiger partial charge in [0, 0.05) is 37.3 Å². The van der Waals surface area contributed by atoms with Crippen LogP contribution in [-0.4, -0.2) is 98.6 Å². The van der Waals surface area contributed by atoms with Crippen LogP contribution in [0.3, 0.4) is 0 Å². The molecular formula is C39H64N4O10. The molecule has 3 aliphatic rings. The Morgan fingerprint density at radius 3 is 2.21 bits per heavy atom. The molecule has 14 heteroatoms. The normalized spacial score (nSPS) is 19.8. The number of H-pyrrole nitrogens is 1. The van der Waals surface area contributed by atoms with Gasteiger partial charge in [0.1, 0.15) is 23.4 Å². The van der Waals surface area contributed by atoms with Crippen molar-refractivity contribution < 1.29 is 42.9 Å². The second-order valence-electron chi connectivity index (χ2n) is 13.5. The first-order valence-corrected chi connectivity index (χ1v) is 18.7. The van der Waals surface area contributed by atoms with Crippen LogP contribution in [0.15, 0.2) is 29.1 Å². The van der Waals surface area contributed by atoms with Gasteiger partial charge < -0.3 is 44.2 Å². The van der Waals surface area contributed by atoms with Gasteiger partial charge in [0.2, 0.25) is 12.3 Å². The zero-order valence-corrected chi connectivity index (χ0v) is 33.6. The van der Waals surface area contributed by atoms with Crippen LogP contribution in [-0.2, 0) is 28.6 Å². The predicted molar refractivity (Wildman–Crippen MR) is 205 cm³/mol. The summed E-state index contributed by atoms with van der Waals surface area (Å²) in [5.41, 5.74) is -0.642. The van der Waals surface area contributed by atoms with Crippen molar-refractivity contribution in [3.05, 3.63) is 34.5 Å². The van der Waals surface area contributed by atoms with E-state index in [1.807, 2.05) is 34.6 Å². The number of methoxy groups -OCH3 is 2. The Morgan fingerprint density at radius 2 is 1.75 bits per heavy atom. The summed E-state index contributed by atoms with van der Waals surface area (Å²) >= 11 is 0. The van der Waals surface area contributed by atoms with Crippen LogP contribution >= 0.6 is 0 Å². The van der Waals surface area contributed by atoms with Crippen LogP contribution < -0.4 is 25.5 Å². The first-order chi connectivity index (χ1) is 25.3. The molecule has 3 amide bonds. The number of nitrogens with one attached hydrogen (secondary N) is 3.